The maximum absolute atomic E-state index is 10.6. The standard InChI is InChI=1S/C12H23NO2/c1-9(2)10-5-12(14,6-10)11(7-13)3-4-15-8-11/h9-10,14H,3-8,13H2,1-2H3. The van der Waals surface area contributed by atoms with Crippen molar-refractivity contribution in [3.05, 3.63) is 0 Å². The van der Waals surface area contributed by atoms with Gasteiger partial charge in [0.1, 0.15) is 0 Å². The van der Waals surface area contributed by atoms with Crippen molar-refractivity contribution in [3.8, 4) is 0 Å². The van der Waals surface area contributed by atoms with Gasteiger partial charge in [-0.3, -0.25) is 0 Å². The van der Waals surface area contributed by atoms with Crippen LogP contribution in [0.5, 0.6) is 0 Å². The van der Waals surface area contributed by atoms with Crippen molar-refractivity contribution in [3.63, 3.8) is 0 Å². The highest BCUT2D eigenvalue weighted by atomic mass is 16.5. The van der Waals surface area contributed by atoms with E-state index in [2.05, 4.69) is 13.8 Å². The molecule has 0 amide bonds. The lowest BCUT2D eigenvalue weighted by atomic mass is 9.54. The number of aliphatic hydroxyl groups is 1. The van der Waals surface area contributed by atoms with E-state index in [0.29, 0.717) is 25.0 Å². The summed E-state index contributed by atoms with van der Waals surface area (Å²) in [6, 6.07) is 0. The van der Waals surface area contributed by atoms with Crippen LogP contribution in [-0.2, 0) is 4.74 Å². The maximum atomic E-state index is 10.6. The zero-order chi connectivity index (χ0) is 11.1. The number of hydrogen-bond acceptors (Lipinski definition) is 3. The minimum atomic E-state index is -0.548. The first kappa shape index (κ1) is 11.4. The number of hydrogen-bond donors (Lipinski definition) is 2. The van der Waals surface area contributed by atoms with Gasteiger partial charge in [-0.05, 0) is 31.1 Å². The number of nitrogens with two attached hydrogens (primary N) is 1. The Morgan fingerprint density at radius 1 is 1.47 bits per heavy atom. The van der Waals surface area contributed by atoms with Gasteiger partial charge in [0, 0.05) is 18.6 Å². The summed E-state index contributed by atoms with van der Waals surface area (Å²) in [6.07, 6.45) is 2.74. The van der Waals surface area contributed by atoms with E-state index < -0.39 is 5.60 Å². The molecule has 0 radical (unpaired) electrons. The van der Waals surface area contributed by atoms with Crippen LogP contribution in [-0.4, -0.2) is 30.5 Å². The Labute approximate surface area is 92.0 Å². The van der Waals surface area contributed by atoms with Gasteiger partial charge < -0.3 is 15.6 Å². The summed E-state index contributed by atoms with van der Waals surface area (Å²) in [4.78, 5) is 0. The summed E-state index contributed by atoms with van der Waals surface area (Å²) in [5.74, 6) is 1.33. The van der Waals surface area contributed by atoms with E-state index in [-0.39, 0.29) is 5.41 Å². The van der Waals surface area contributed by atoms with Crippen LogP contribution < -0.4 is 5.73 Å². The Morgan fingerprint density at radius 2 is 2.13 bits per heavy atom. The van der Waals surface area contributed by atoms with Gasteiger partial charge in [0.2, 0.25) is 0 Å². The van der Waals surface area contributed by atoms with Crippen molar-refractivity contribution in [1.29, 1.82) is 0 Å². The van der Waals surface area contributed by atoms with Crippen molar-refractivity contribution in [2.75, 3.05) is 19.8 Å². The highest BCUT2D eigenvalue weighted by Gasteiger charge is 2.58. The molecule has 2 aliphatic rings. The van der Waals surface area contributed by atoms with E-state index in [1.54, 1.807) is 0 Å². The molecule has 1 atom stereocenters. The van der Waals surface area contributed by atoms with Gasteiger partial charge in [-0.15, -0.1) is 0 Å². The van der Waals surface area contributed by atoms with Crippen LogP contribution in [0.25, 0.3) is 0 Å². The fourth-order valence-electron chi connectivity index (χ4n) is 3.04. The fourth-order valence-corrected chi connectivity index (χ4v) is 3.04. The summed E-state index contributed by atoms with van der Waals surface area (Å²) in [6.45, 7) is 6.40. The van der Waals surface area contributed by atoms with Crippen LogP contribution in [0.15, 0.2) is 0 Å². The van der Waals surface area contributed by atoms with Crippen LogP contribution in [0.3, 0.4) is 0 Å². The molecule has 2 fully saturated rings. The molecule has 0 aromatic carbocycles. The normalized spacial score (nSPS) is 45.8. The molecule has 0 spiro atoms. The fraction of sp³-hybridized carbons (Fsp3) is 1.00. The Bertz CT molecular complexity index is 228. The zero-order valence-corrected chi connectivity index (χ0v) is 9.83. The molecule has 1 saturated carbocycles. The third kappa shape index (κ3) is 1.61. The molecule has 3 heteroatoms. The minimum absolute atomic E-state index is 0.154. The largest absolute Gasteiger partial charge is 0.389 e. The molecular formula is C12H23NO2. The third-order valence-corrected chi connectivity index (χ3v) is 4.62. The molecule has 0 bridgehead atoms. The zero-order valence-electron chi connectivity index (χ0n) is 9.83. The topological polar surface area (TPSA) is 55.5 Å². The second-order valence-electron chi connectivity index (χ2n) is 5.73. The van der Waals surface area contributed by atoms with Gasteiger partial charge in [0.25, 0.3) is 0 Å². The molecule has 15 heavy (non-hydrogen) atoms. The Morgan fingerprint density at radius 3 is 2.53 bits per heavy atom. The molecule has 1 saturated heterocycles. The lowest BCUT2D eigenvalue weighted by molar-refractivity contribution is -0.172. The minimum Gasteiger partial charge on any atom is -0.389 e. The van der Waals surface area contributed by atoms with E-state index in [1.165, 1.54) is 0 Å². The summed E-state index contributed by atoms with van der Waals surface area (Å²) in [5.41, 5.74) is 5.14. The molecular weight excluding hydrogens is 190 g/mol. The molecule has 0 aromatic rings. The molecule has 3 N–H and O–H groups in total. The molecule has 1 aliphatic carbocycles. The molecule has 3 nitrogen and oxygen atoms in total. The van der Waals surface area contributed by atoms with Crippen molar-refractivity contribution in [1.82, 2.24) is 0 Å². The summed E-state index contributed by atoms with van der Waals surface area (Å²) in [5, 5.41) is 10.6. The van der Waals surface area contributed by atoms with Crippen LogP contribution in [0.1, 0.15) is 33.1 Å². The first-order valence-electron chi connectivity index (χ1n) is 6.03. The highest BCUT2D eigenvalue weighted by molar-refractivity contribution is 5.09. The van der Waals surface area contributed by atoms with Gasteiger partial charge in [-0.2, -0.15) is 0 Å². The van der Waals surface area contributed by atoms with E-state index >= 15 is 0 Å². The first-order valence-corrected chi connectivity index (χ1v) is 6.03. The van der Waals surface area contributed by atoms with Crippen molar-refractivity contribution < 1.29 is 9.84 Å². The average Bonchev–Trinajstić information content (AvgIpc) is 2.62. The second kappa shape index (κ2) is 3.72. The highest BCUT2D eigenvalue weighted by Crippen LogP contribution is 2.54. The quantitative estimate of drug-likeness (QED) is 0.739. The first-order chi connectivity index (χ1) is 7.03. The Balaban J connectivity index is 2.04. The van der Waals surface area contributed by atoms with Crippen LogP contribution in [0, 0.1) is 17.3 Å². The third-order valence-electron chi connectivity index (χ3n) is 4.62. The average molecular weight is 213 g/mol. The number of rotatable bonds is 3. The van der Waals surface area contributed by atoms with Gasteiger partial charge in [0.15, 0.2) is 0 Å². The lowest BCUT2D eigenvalue weighted by Gasteiger charge is -2.55. The van der Waals surface area contributed by atoms with Crippen LogP contribution in [0.2, 0.25) is 0 Å². The monoisotopic (exact) mass is 213 g/mol. The van der Waals surface area contributed by atoms with Crippen molar-refractivity contribution in [2.24, 2.45) is 23.0 Å². The van der Waals surface area contributed by atoms with Gasteiger partial charge in [-0.25, -0.2) is 0 Å². The summed E-state index contributed by atoms with van der Waals surface area (Å²) in [7, 11) is 0. The molecule has 1 unspecified atom stereocenters. The van der Waals surface area contributed by atoms with Crippen molar-refractivity contribution in [2.45, 2.75) is 38.7 Å². The molecule has 1 heterocycles. The summed E-state index contributed by atoms with van der Waals surface area (Å²) >= 11 is 0. The predicted octanol–water partition coefficient (Wildman–Crippen LogP) is 1.15. The van der Waals surface area contributed by atoms with Gasteiger partial charge >= 0.3 is 0 Å². The molecule has 1 aliphatic heterocycles. The molecule has 88 valence electrons. The maximum Gasteiger partial charge on any atom is 0.0744 e. The smallest absolute Gasteiger partial charge is 0.0744 e. The van der Waals surface area contributed by atoms with E-state index in [4.69, 9.17) is 10.5 Å². The molecule has 2 rings (SSSR count). The predicted molar refractivity (Wildman–Crippen MR) is 59.4 cm³/mol. The van der Waals surface area contributed by atoms with Crippen LogP contribution in [0.4, 0.5) is 0 Å². The van der Waals surface area contributed by atoms with E-state index in [1.807, 2.05) is 0 Å². The second-order valence-corrected chi connectivity index (χ2v) is 5.73. The SMILES string of the molecule is CC(C)C1CC(O)(C2(CN)CCOC2)C1. The lowest BCUT2D eigenvalue weighted by Crippen LogP contribution is -2.61. The Kier molecular flexibility index (Phi) is 2.82. The van der Waals surface area contributed by atoms with Crippen LogP contribution >= 0.6 is 0 Å². The van der Waals surface area contributed by atoms with Gasteiger partial charge in [0.05, 0.1) is 12.2 Å². The van der Waals surface area contributed by atoms with E-state index in [0.717, 1.165) is 25.9 Å². The number of ether oxygens (including phenoxy) is 1. The Hall–Kier alpha value is -0.120. The summed E-state index contributed by atoms with van der Waals surface area (Å²) < 4.78 is 5.43. The van der Waals surface area contributed by atoms with E-state index in [9.17, 15) is 5.11 Å². The molecule has 0 aromatic heterocycles. The van der Waals surface area contributed by atoms with Gasteiger partial charge in [-0.1, -0.05) is 13.8 Å². The van der Waals surface area contributed by atoms with Crippen molar-refractivity contribution >= 4 is 0 Å².